The molecule has 0 amide bonds. The molecule has 0 saturated carbocycles. The lowest BCUT2D eigenvalue weighted by Crippen LogP contribution is -2.44. The molecular formula is C10H16N4OS. The summed E-state index contributed by atoms with van der Waals surface area (Å²) in [5, 5.41) is 0. The summed E-state index contributed by atoms with van der Waals surface area (Å²) in [6, 6.07) is 0. The molecule has 1 aliphatic rings. The first-order valence-corrected chi connectivity index (χ1v) is 6.17. The van der Waals surface area contributed by atoms with Crippen molar-refractivity contribution in [3.8, 4) is 0 Å². The van der Waals surface area contributed by atoms with Crippen LogP contribution in [0.15, 0.2) is 10.5 Å². The highest BCUT2D eigenvalue weighted by Crippen LogP contribution is 2.13. The van der Waals surface area contributed by atoms with Gasteiger partial charge in [-0.2, -0.15) is 0 Å². The largest absolute Gasteiger partial charge is 0.378 e. The Hall–Kier alpha value is -1.14. The minimum absolute atomic E-state index is 0.608. The molecule has 1 aliphatic heterocycles. The number of guanidine groups is 1. The Kier molecular flexibility index (Phi) is 3.74. The third kappa shape index (κ3) is 2.70. The van der Waals surface area contributed by atoms with Crippen LogP contribution in [0.4, 0.5) is 0 Å². The van der Waals surface area contributed by atoms with Crippen LogP contribution < -0.4 is 5.73 Å². The van der Waals surface area contributed by atoms with Crippen LogP contribution in [-0.2, 0) is 11.3 Å². The van der Waals surface area contributed by atoms with Crippen molar-refractivity contribution >= 4 is 17.3 Å². The minimum atomic E-state index is 0.608. The molecule has 2 N–H and O–H groups in total. The van der Waals surface area contributed by atoms with E-state index in [4.69, 9.17) is 10.5 Å². The highest BCUT2D eigenvalue weighted by Gasteiger charge is 2.12. The second-order valence-electron chi connectivity index (χ2n) is 3.63. The molecule has 0 aliphatic carbocycles. The quantitative estimate of drug-likeness (QED) is 0.607. The highest BCUT2D eigenvalue weighted by molar-refractivity contribution is 7.09. The Labute approximate surface area is 98.9 Å². The van der Waals surface area contributed by atoms with Crippen LogP contribution >= 0.6 is 11.3 Å². The molecule has 2 rings (SSSR count). The van der Waals surface area contributed by atoms with E-state index in [1.807, 2.05) is 12.4 Å². The lowest BCUT2D eigenvalue weighted by atomic mass is 10.4. The zero-order valence-corrected chi connectivity index (χ0v) is 10.2. The van der Waals surface area contributed by atoms with E-state index in [-0.39, 0.29) is 0 Å². The zero-order valence-electron chi connectivity index (χ0n) is 9.35. The second kappa shape index (κ2) is 5.27. The summed E-state index contributed by atoms with van der Waals surface area (Å²) >= 11 is 1.62. The fraction of sp³-hybridized carbons (Fsp3) is 0.600. The van der Waals surface area contributed by atoms with Crippen molar-refractivity contribution in [3.05, 3.63) is 16.1 Å². The number of aromatic nitrogens is 1. The molecule has 0 spiro atoms. The number of rotatable bonds is 2. The van der Waals surface area contributed by atoms with Crippen LogP contribution in [0, 0.1) is 6.92 Å². The van der Waals surface area contributed by atoms with Crippen LogP contribution in [-0.4, -0.2) is 42.1 Å². The molecule has 1 aromatic heterocycles. The van der Waals surface area contributed by atoms with Gasteiger partial charge in [0.15, 0.2) is 5.96 Å². The van der Waals surface area contributed by atoms with Crippen molar-refractivity contribution in [2.45, 2.75) is 13.5 Å². The SMILES string of the molecule is Cc1ncsc1CN=C(N)N1CCOCC1. The van der Waals surface area contributed by atoms with Crippen LogP contribution in [0.3, 0.4) is 0 Å². The van der Waals surface area contributed by atoms with Gasteiger partial charge in [0.2, 0.25) is 0 Å². The minimum Gasteiger partial charge on any atom is -0.378 e. The predicted octanol–water partition coefficient (Wildman–Crippen LogP) is 0.598. The van der Waals surface area contributed by atoms with Gasteiger partial charge in [-0.15, -0.1) is 11.3 Å². The molecule has 0 aromatic carbocycles. The van der Waals surface area contributed by atoms with Crippen LogP contribution in [0.1, 0.15) is 10.6 Å². The lowest BCUT2D eigenvalue weighted by molar-refractivity contribution is 0.0674. The number of hydrogen-bond acceptors (Lipinski definition) is 4. The molecule has 6 heteroatoms. The average molecular weight is 240 g/mol. The van der Waals surface area contributed by atoms with Gasteiger partial charge in [-0.3, -0.25) is 0 Å². The number of nitrogens with zero attached hydrogens (tertiary/aromatic N) is 3. The van der Waals surface area contributed by atoms with Gasteiger partial charge >= 0.3 is 0 Å². The monoisotopic (exact) mass is 240 g/mol. The van der Waals surface area contributed by atoms with Gasteiger partial charge in [0, 0.05) is 18.0 Å². The molecule has 0 radical (unpaired) electrons. The highest BCUT2D eigenvalue weighted by atomic mass is 32.1. The number of nitrogens with two attached hydrogens (primary N) is 1. The zero-order chi connectivity index (χ0) is 11.4. The molecule has 0 bridgehead atoms. The molecule has 5 nitrogen and oxygen atoms in total. The first-order valence-electron chi connectivity index (χ1n) is 5.29. The third-order valence-electron chi connectivity index (χ3n) is 2.56. The number of hydrogen-bond donors (Lipinski definition) is 1. The van der Waals surface area contributed by atoms with Gasteiger partial charge < -0.3 is 15.4 Å². The van der Waals surface area contributed by atoms with E-state index in [0.29, 0.717) is 12.5 Å². The Morgan fingerprint density at radius 1 is 1.62 bits per heavy atom. The van der Waals surface area contributed by atoms with Crippen LogP contribution in [0.25, 0.3) is 0 Å². The summed E-state index contributed by atoms with van der Waals surface area (Å²) in [4.78, 5) is 11.8. The fourth-order valence-corrected chi connectivity index (χ4v) is 2.22. The first-order chi connectivity index (χ1) is 7.77. The number of aryl methyl sites for hydroxylation is 1. The normalized spacial score (nSPS) is 17.8. The lowest BCUT2D eigenvalue weighted by Gasteiger charge is -2.27. The average Bonchev–Trinajstić information content (AvgIpc) is 2.73. The van der Waals surface area contributed by atoms with Crippen molar-refractivity contribution < 1.29 is 4.74 Å². The number of thiazole rings is 1. The van der Waals surface area contributed by atoms with Crippen molar-refractivity contribution in [3.63, 3.8) is 0 Å². The molecule has 1 saturated heterocycles. The maximum atomic E-state index is 5.92. The summed E-state index contributed by atoms with van der Waals surface area (Å²) in [6.07, 6.45) is 0. The van der Waals surface area contributed by atoms with Gasteiger partial charge in [0.05, 0.1) is 31.0 Å². The van der Waals surface area contributed by atoms with Gasteiger partial charge in [-0.25, -0.2) is 9.98 Å². The summed E-state index contributed by atoms with van der Waals surface area (Å²) in [5.41, 5.74) is 8.80. The van der Waals surface area contributed by atoms with E-state index >= 15 is 0 Å². The number of morpholine rings is 1. The maximum Gasteiger partial charge on any atom is 0.191 e. The van der Waals surface area contributed by atoms with Gasteiger partial charge in [0.25, 0.3) is 0 Å². The van der Waals surface area contributed by atoms with E-state index in [1.54, 1.807) is 11.3 Å². The Morgan fingerprint density at radius 2 is 2.38 bits per heavy atom. The Balaban J connectivity index is 1.93. The summed E-state index contributed by atoms with van der Waals surface area (Å²) in [5.74, 6) is 0.608. The van der Waals surface area contributed by atoms with E-state index < -0.39 is 0 Å². The topological polar surface area (TPSA) is 63.7 Å². The Bertz CT molecular complexity index is 371. The Morgan fingerprint density at radius 3 is 3.00 bits per heavy atom. The molecule has 2 heterocycles. The number of aliphatic imine (C=N–C) groups is 1. The van der Waals surface area contributed by atoms with Crippen molar-refractivity contribution in [2.75, 3.05) is 26.3 Å². The standard InChI is InChI=1S/C10H16N4OS/c1-8-9(16-7-13-8)6-12-10(11)14-2-4-15-5-3-14/h7H,2-6H2,1H3,(H2,11,12). The van der Waals surface area contributed by atoms with Crippen molar-refractivity contribution in [1.82, 2.24) is 9.88 Å². The summed E-state index contributed by atoms with van der Waals surface area (Å²) in [6.45, 7) is 5.74. The first kappa shape index (κ1) is 11.3. The van der Waals surface area contributed by atoms with E-state index in [1.165, 1.54) is 4.88 Å². The van der Waals surface area contributed by atoms with Gasteiger partial charge in [0.1, 0.15) is 0 Å². The van der Waals surface area contributed by atoms with Gasteiger partial charge in [-0.05, 0) is 6.92 Å². The van der Waals surface area contributed by atoms with Crippen molar-refractivity contribution in [2.24, 2.45) is 10.7 Å². The van der Waals surface area contributed by atoms with Gasteiger partial charge in [-0.1, -0.05) is 0 Å². The van der Waals surface area contributed by atoms with E-state index in [9.17, 15) is 0 Å². The van der Waals surface area contributed by atoms with Crippen molar-refractivity contribution in [1.29, 1.82) is 0 Å². The molecule has 0 unspecified atom stereocenters. The predicted molar refractivity (Wildman–Crippen MR) is 64.6 cm³/mol. The van der Waals surface area contributed by atoms with E-state index in [2.05, 4.69) is 14.9 Å². The number of ether oxygens (including phenoxy) is 1. The fourth-order valence-electron chi connectivity index (χ4n) is 1.52. The maximum absolute atomic E-state index is 5.92. The van der Waals surface area contributed by atoms with E-state index in [0.717, 1.165) is 32.0 Å². The molecular weight excluding hydrogens is 224 g/mol. The third-order valence-corrected chi connectivity index (χ3v) is 3.48. The molecule has 88 valence electrons. The second-order valence-corrected chi connectivity index (χ2v) is 4.57. The molecule has 1 fully saturated rings. The summed E-state index contributed by atoms with van der Waals surface area (Å²) in [7, 11) is 0. The summed E-state index contributed by atoms with van der Waals surface area (Å²) < 4.78 is 5.26. The smallest absolute Gasteiger partial charge is 0.191 e. The molecule has 16 heavy (non-hydrogen) atoms. The molecule has 0 atom stereocenters. The van der Waals surface area contributed by atoms with Crippen LogP contribution in [0.5, 0.6) is 0 Å². The van der Waals surface area contributed by atoms with Crippen LogP contribution in [0.2, 0.25) is 0 Å². The molecule has 1 aromatic rings.